The van der Waals surface area contributed by atoms with Gasteiger partial charge in [-0.05, 0) is 43.7 Å². The zero-order valence-corrected chi connectivity index (χ0v) is 15.3. The van der Waals surface area contributed by atoms with Crippen LogP contribution in [0.15, 0.2) is 30.5 Å². The molecule has 3 rings (SSSR count). The summed E-state index contributed by atoms with van der Waals surface area (Å²) >= 11 is 0. The molecule has 1 aromatic heterocycles. The highest BCUT2D eigenvalue weighted by molar-refractivity contribution is 6.43. The van der Waals surface area contributed by atoms with Crippen molar-refractivity contribution in [3.63, 3.8) is 0 Å². The van der Waals surface area contributed by atoms with E-state index in [0.717, 1.165) is 0 Å². The van der Waals surface area contributed by atoms with Crippen LogP contribution in [0.3, 0.4) is 0 Å². The molecule has 0 atom stereocenters. The molecular formula is C19H20FN3O4. The average molecular weight is 373 g/mol. The first-order valence-electron chi connectivity index (χ1n) is 8.37. The molecule has 27 heavy (non-hydrogen) atoms. The van der Waals surface area contributed by atoms with Gasteiger partial charge in [0.05, 0.1) is 18.8 Å². The molecule has 2 N–H and O–H groups in total. The Morgan fingerprint density at radius 2 is 1.93 bits per heavy atom. The fraction of sp³-hybridized carbons (Fsp3) is 0.316. The quantitative estimate of drug-likeness (QED) is 0.618. The summed E-state index contributed by atoms with van der Waals surface area (Å²) < 4.78 is 19.8. The molecule has 0 radical (unpaired) electrons. The minimum absolute atomic E-state index is 0.110. The number of hydrogen-bond acceptors (Lipinski definition) is 4. The second-order valence-corrected chi connectivity index (χ2v) is 6.98. The van der Waals surface area contributed by atoms with Crippen molar-refractivity contribution in [3.8, 4) is 0 Å². The number of aromatic nitrogens is 1. The Hall–Kier alpha value is -3.00. The van der Waals surface area contributed by atoms with E-state index >= 15 is 0 Å². The van der Waals surface area contributed by atoms with Crippen molar-refractivity contribution in [1.82, 2.24) is 9.88 Å². The maximum absolute atomic E-state index is 13.3. The van der Waals surface area contributed by atoms with Crippen molar-refractivity contribution in [1.29, 1.82) is 0 Å². The Labute approximate surface area is 155 Å². The van der Waals surface area contributed by atoms with E-state index in [1.165, 1.54) is 35.0 Å². The van der Waals surface area contributed by atoms with Crippen LogP contribution in [0.2, 0.25) is 0 Å². The summed E-state index contributed by atoms with van der Waals surface area (Å²) in [6, 6.07) is 5.58. The van der Waals surface area contributed by atoms with Crippen LogP contribution in [0.1, 0.15) is 33.3 Å². The molecule has 0 saturated carbocycles. The van der Waals surface area contributed by atoms with Gasteiger partial charge in [0.25, 0.3) is 17.6 Å². The molecule has 1 aliphatic rings. The van der Waals surface area contributed by atoms with Crippen LogP contribution in [0.5, 0.6) is 0 Å². The van der Waals surface area contributed by atoms with E-state index in [4.69, 9.17) is 4.74 Å². The lowest BCUT2D eigenvalue weighted by molar-refractivity contribution is -0.126. The fourth-order valence-electron chi connectivity index (χ4n) is 2.77. The molecule has 1 saturated heterocycles. The molecule has 8 heteroatoms. The maximum Gasteiger partial charge on any atom is 0.293 e. The highest BCUT2D eigenvalue weighted by Crippen LogP contribution is 2.18. The molecule has 1 fully saturated rings. The van der Waals surface area contributed by atoms with E-state index in [1.54, 1.807) is 20.9 Å². The summed E-state index contributed by atoms with van der Waals surface area (Å²) in [6.07, 6.45) is 1.42. The van der Waals surface area contributed by atoms with Gasteiger partial charge in [-0.25, -0.2) is 4.39 Å². The number of amides is 2. The van der Waals surface area contributed by atoms with Crippen LogP contribution in [0.25, 0.3) is 0 Å². The van der Waals surface area contributed by atoms with E-state index in [-0.39, 0.29) is 17.1 Å². The molecule has 1 aromatic carbocycles. The number of carbonyl (C=O) groups is 3. The first-order valence-corrected chi connectivity index (χ1v) is 8.37. The number of ketones is 1. The van der Waals surface area contributed by atoms with Crippen molar-refractivity contribution in [3.05, 3.63) is 53.1 Å². The van der Waals surface area contributed by atoms with E-state index in [1.807, 2.05) is 0 Å². The number of halogens is 1. The van der Waals surface area contributed by atoms with Gasteiger partial charge in [-0.1, -0.05) is 0 Å². The number of anilines is 1. The highest BCUT2D eigenvalue weighted by atomic mass is 19.1. The van der Waals surface area contributed by atoms with Crippen LogP contribution < -0.4 is 10.6 Å². The summed E-state index contributed by atoms with van der Waals surface area (Å²) in [5, 5.41) is 5.29. The third-order valence-electron chi connectivity index (χ3n) is 4.38. The minimum Gasteiger partial charge on any atom is -0.376 e. The summed E-state index contributed by atoms with van der Waals surface area (Å²) in [5.74, 6) is -2.30. The predicted molar refractivity (Wildman–Crippen MR) is 96.2 cm³/mol. The Balaban J connectivity index is 1.73. The first-order chi connectivity index (χ1) is 12.7. The van der Waals surface area contributed by atoms with Gasteiger partial charge in [-0.2, -0.15) is 0 Å². The Morgan fingerprint density at radius 1 is 1.22 bits per heavy atom. The molecular weight excluding hydrogens is 353 g/mol. The molecule has 0 unspecified atom stereocenters. The van der Waals surface area contributed by atoms with Crippen molar-refractivity contribution in [2.45, 2.75) is 19.4 Å². The van der Waals surface area contributed by atoms with E-state index in [0.29, 0.717) is 24.5 Å². The van der Waals surface area contributed by atoms with Crippen LogP contribution in [-0.2, 0) is 16.6 Å². The molecule has 0 aliphatic carbocycles. The molecule has 142 valence electrons. The lowest BCUT2D eigenvalue weighted by atomic mass is 10.00. The number of rotatable bonds is 5. The second-order valence-electron chi connectivity index (χ2n) is 6.98. The van der Waals surface area contributed by atoms with Gasteiger partial charge in [0, 0.05) is 24.5 Å². The number of Topliss-reactive ketones (excluding diaryl/α,β-unsaturated/α-hetero) is 1. The average Bonchev–Trinajstić information content (AvgIpc) is 2.98. The van der Waals surface area contributed by atoms with E-state index in [2.05, 4.69) is 10.6 Å². The molecule has 2 aromatic rings. The van der Waals surface area contributed by atoms with Gasteiger partial charge >= 0.3 is 0 Å². The zero-order valence-electron chi connectivity index (χ0n) is 15.3. The van der Waals surface area contributed by atoms with E-state index in [9.17, 15) is 18.8 Å². The van der Waals surface area contributed by atoms with Crippen LogP contribution >= 0.6 is 0 Å². The fourth-order valence-corrected chi connectivity index (χ4v) is 2.77. The number of nitrogens with zero attached hydrogens (tertiary/aromatic N) is 1. The molecule has 0 bridgehead atoms. The number of nitrogens with one attached hydrogen (secondary N) is 2. The third kappa shape index (κ3) is 3.90. The molecule has 7 nitrogen and oxygen atoms in total. The van der Waals surface area contributed by atoms with Gasteiger partial charge in [-0.3, -0.25) is 14.4 Å². The predicted octanol–water partition coefficient (Wildman–Crippen LogP) is 1.81. The lowest BCUT2D eigenvalue weighted by Gasteiger charge is -2.38. The highest BCUT2D eigenvalue weighted by Gasteiger charge is 2.36. The standard InChI is InChI=1S/C19H20FN3O4/c1-11-6-13(4-5-14(11)20)21-17(25)15-7-12(8-23(15)3)16(24)18(26)22-19(2)9-27-10-19/h4-8H,9-10H2,1-3H3,(H,21,25)(H,22,26). The number of benzene rings is 1. The van der Waals surface area contributed by atoms with Gasteiger partial charge < -0.3 is 19.9 Å². The SMILES string of the molecule is Cc1cc(NC(=O)c2cc(C(=O)C(=O)NC3(C)COC3)cn2C)ccc1F. The Kier molecular flexibility index (Phi) is 4.84. The number of hydrogen-bond donors (Lipinski definition) is 2. The zero-order chi connectivity index (χ0) is 19.8. The number of carbonyl (C=O) groups excluding carboxylic acids is 3. The van der Waals surface area contributed by atoms with Crippen LogP contribution in [0, 0.1) is 12.7 Å². The molecule has 2 heterocycles. The van der Waals surface area contributed by atoms with Crippen molar-refractivity contribution in [2.75, 3.05) is 18.5 Å². The number of aryl methyl sites for hydroxylation is 2. The van der Waals surface area contributed by atoms with Crippen molar-refractivity contribution >= 4 is 23.3 Å². The first kappa shape index (κ1) is 18.8. The second kappa shape index (κ2) is 6.96. The summed E-state index contributed by atoms with van der Waals surface area (Å²) in [7, 11) is 1.60. The Morgan fingerprint density at radius 3 is 2.52 bits per heavy atom. The van der Waals surface area contributed by atoms with Crippen LogP contribution in [0.4, 0.5) is 10.1 Å². The van der Waals surface area contributed by atoms with Gasteiger partial charge in [0.1, 0.15) is 11.5 Å². The normalized spacial score (nSPS) is 15.0. The minimum atomic E-state index is -0.743. The summed E-state index contributed by atoms with van der Waals surface area (Å²) in [6.45, 7) is 4.09. The lowest BCUT2D eigenvalue weighted by Crippen LogP contribution is -2.61. The number of ether oxygens (including phenoxy) is 1. The van der Waals surface area contributed by atoms with Crippen molar-refractivity contribution in [2.24, 2.45) is 7.05 Å². The third-order valence-corrected chi connectivity index (χ3v) is 4.38. The van der Waals surface area contributed by atoms with Gasteiger partial charge in [-0.15, -0.1) is 0 Å². The largest absolute Gasteiger partial charge is 0.376 e. The van der Waals surface area contributed by atoms with E-state index < -0.39 is 23.1 Å². The van der Waals surface area contributed by atoms with Crippen molar-refractivity contribution < 1.29 is 23.5 Å². The molecule has 2 amide bonds. The topological polar surface area (TPSA) is 89.4 Å². The summed E-state index contributed by atoms with van der Waals surface area (Å²) in [5.41, 5.74) is 0.609. The molecule has 0 spiro atoms. The summed E-state index contributed by atoms with van der Waals surface area (Å²) in [4.78, 5) is 37.0. The maximum atomic E-state index is 13.3. The Bertz CT molecular complexity index is 931. The smallest absolute Gasteiger partial charge is 0.293 e. The van der Waals surface area contributed by atoms with Gasteiger partial charge in [0.15, 0.2) is 0 Å². The molecule has 1 aliphatic heterocycles. The monoisotopic (exact) mass is 373 g/mol. The van der Waals surface area contributed by atoms with Crippen LogP contribution in [-0.4, -0.2) is 40.9 Å². The van der Waals surface area contributed by atoms with Gasteiger partial charge in [0.2, 0.25) is 0 Å².